The van der Waals surface area contributed by atoms with Crippen molar-refractivity contribution in [2.45, 2.75) is 75.3 Å². The number of hydrogen-bond donors (Lipinski definition) is 3. The molecular weight excluding hydrogens is 700 g/mol. The zero-order valence-electron chi connectivity index (χ0n) is 28.5. The van der Waals surface area contributed by atoms with Crippen LogP contribution in [0.2, 0.25) is 0 Å². The Hall–Kier alpha value is -5.23. The number of rotatable bonds is 14. The van der Waals surface area contributed by atoms with Crippen molar-refractivity contribution in [3.05, 3.63) is 108 Å². The Morgan fingerprint density at radius 1 is 0.604 bits per heavy atom. The van der Waals surface area contributed by atoms with Gasteiger partial charge in [0, 0.05) is 13.8 Å². The van der Waals surface area contributed by atoms with E-state index in [1.807, 2.05) is 0 Å². The molecule has 2 aliphatic heterocycles. The molecule has 53 heavy (non-hydrogen) atoms. The van der Waals surface area contributed by atoms with Gasteiger partial charge in [0.25, 0.3) is 0 Å². The van der Waals surface area contributed by atoms with Gasteiger partial charge in [-0.25, -0.2) is 14.4 Å². The summed E-state index contributed by atoms with van der Waals surface area (Å²) in [5.74, 6) is -4.31. The van der Waals surface area contributed by atoms with E-state index in [1.54, 1.807) is 54.6 Å². The smallest absolute Gasteiger partial charge is 0.338 e. The Morgan fingerprint density at radius 3 is 1.60 bits per heavy atom. The lowest BCUT2D eigenvalue weighted by molar-refractivity contribution is -0.214. The summed E-state index contributed by atoms with van der Waals surface area (Å²) < 4.78 is 45.0. The lowest BCUT2D eigenvalue weighted by Gasteiger charge is -2.29. The van der Waals surface area contributed by atoms with Crippen molar-refractivity contribution in [1.82, 2.24) is 0 Å². The third-order valence-corrected chi connectivity index (χ3v) is 8.19. The lowest BCUT2D eigenvalue weighted by atomic mass is 10.0. The number of esters is 5. The second-order valence-corrected chi connectivity index (χ2v) is 12.0. The highest BCUT2D eigenvalue weighted by Gasteiger charge is 2.55. The van der Waals surface area contributed by atoms with Gasteiger partial charge in [-0.15, -0.1) is 0 Å². The summed E-state index contributed by atoms with van der Waals surface area (Å²) in [7, 11) is 0. The summed E-state index contributed by atoms with van der Waals surface area (Å²) in [6, 6.07) is 23.3. The van der Waals surface area contributed by atoms with Gasteiger partial charge in [0.15, 0.2) is 43.1 Å². The molecule has 16 nitrogen and oxygen atoms in total. The van der Waals surface area contributed by atoms with Gasteiger partial charge in [0.05, 0.1) is 29.9 Å². The summed E-state index contributed by atoms with van der Waals surface area (Å²) in [6.45, 7) is 0.680. The summed E-state index contributed by atoms with van der Waals surface area (Å²) in [6.07, 6.45) is -15.9. The largest absolute Gasteiger partial charge is 0.457 e. The Morgan fingerprint density at radius 2 is 1.11 bits per heavy atom. The minimum Gasteiger partial charge on any atom is -0.457 e. The summed E-state index contributed by atoms with van der Waals surface area (Å²) in [5, 5.41) is 32.0. The molecule has 16 heteroatoms. The monoisotopic (exact) mass is 738 g/mol. The molecule has 0 aromatic heterocycles. The first kappa shape index (κ1) is 39.0. The fourth-order valence-corrected chi connectivity index (χ4v) is 5.76. The van der Waals surface area contributed by atoms with E-state index in [2.05, 4.69) is 0 Å². The maximum Gasteiger partial charge on any atom is 0.338 e. The molecule has 0 amide bonds. The fourth-order valence-electron chi connectivity index (χ4n) is 5.76. The number of aliphatic hydroxyl groups is 3. The molecule has 3 aromatic carbocycles. The van der Waals surface area contributed by atoms with Crippen molar-refractivity contribution in [1.29, 1.82) is 0 Å². The van der Waals surface area contributed by atoms with Gasteiger partial charge in [-0.3, -0.25) is 9.59 Å². The van der Waals surface area contributed by atoms with Crippen molar-refractivity contribution in [3.8, 4) is 0 Å². The molecule has 2 fully saturated rings. The SMILES string of the molecule is CC(=O)O[C@H](CO)[C@@H]1O[C@@H](OC[C@@H](OC(=O)c2ccccc2)[C@@H]2O[C@@H](O)[C@@H](OC(=O)c3ccccc3)C2OC(=O)c2ccccc2)[C@@H](OC(C)=O)C1O. The highest BCUT2D eigenvalue weighted by Crippen LogP contribution is 2.33. The molecule has 3 aromatic rings. The number of carbonyl (C=O) groups is 5. The maximum atomic E-state index is 13.4. The van der Waals surface area contributed by atoms with E-state index in [-0.39, 0.29) is 16.7 Å². The Labute approximate surface area is 303 Å². The molecule has 10 atom stereocenters. The van der Waals surface area contributed by atoms with Gasteiger partial charge in [-0.1, -0.05) is 54.6 Å². The van der Waals surface area contributed by atoms with Crippen LogP contribution in [0.3, 0.4) is 0 Å². The van der Waals surface area contributed by atoms with Crippen molar-refractivity contribution < 1.29 is 77.2 Å². The predicted molar refractivity (Wildman–Crippen MR) is 177 cm³/mol. The van der Waals surface area contributed by atoms with Crippen molar-refractivity contribution in [2.75, 3.05) is 13.2 Å². The van der Waals surface area contributed by atoms with Crippen LogP contribution in [0.5, 0.6) is 0 Å². The van der Waals surface area contributed by atoms with Crippen LogP contribution in [0, 0.1) is 0 Å². The molecule has 3 N–H and O–H groups in total. The first-order chi connectivity index (χ1) is 25.5. The molecule has 2 unspecified atom stereocenters. The molecule has 0 radical (unpaired) electrons. The van der Waals surface area contributed by atoms with E-state index in [0.717, 1.165) is 13.8 Å². The number of aliphatic hydroxyl groups excluding tert-OH is 3. The van der Waals surface area contributed by atoms with Gasteiger partial charge < -0.3 is 53.2 Å². The van der Waals surface area contributed by atoms with E-state index in [1.165, 1.54) is 36.4 Å². The fraction of sp³-hybridized carbons (Fsp3) is 0.378. The molecule has 2 aliphatic rings. The van der Waals surface area contributed by atoms with Gasteiger partial charge in [0.2, 0.25) is 0 Å². The van der Waals surface area contributed by atoms with Gasteiger partial charge in [-0.2, -0.15) is 0 Å². The van der Waals surface area contributed by atoms with E-state index in [0.29, 0.717) is 0 Å². The van der Waals surface area contributed by atoms with Crippen LogP contribution in [0.25, 0.3) is 0 Å². The predicted octanol–water partition coefficient (Wildman–Crippen LogP) is 1.34. The standard InChI is InChI=1S/C37H38O16/c1-20(39)47-25(18-38)28-27(41)30(48-21(2)40)37(53-28)46-19-26(49-33(42)22-12-6-3-7-13-22)29-31(51-34(43)23-14-8-4-9-15-23)32(36(45)50-29)52-35(44)24-16-10-5-11-17-24/h3-17,25-32,36-38,41,45H,18-19H2,1-2H3/t25-,26-,27?,28+,29+,30+,31?,32+,36-,37-/m1/s1. The molecule has 282 valence electrons. The van der Waals surface area contributed by atoms with Crippen LogP contribution in [0.1, 0.15) is 44.9 Å². The van der Waals surface area contributed by atoms with E-state index in [4.69, 9.17) is 37.9 Å². The lowest BCUT2D eigenvalue weighted by Crippen LogP contribution is -2.48. The molecular formula is C37H38O16. The molecule has 5 rings (SSSR count). The second kappa shape index (κ2) is 18.0. The second-order valence-electron chi connectivity index (χ2n) is 12.0. The average molecular weight is 739 g/mol. The molecule has 2 heterocycles. The van der Waals surface area contributed by atoms with E-state index >= 15 is 0 Å². The molecule has 0 aliphatic carbocycles. The molecule has 0 bridgehead atoms. The minimum absolute atomic E-state index is 0.0958. The van der Waals surface area contributed by atoms with Gasteiger partial charge in [0.1, 0.15) is 18.3 Å². The van der Waals surface area contributed by atoms with Crippen LogP contribution in [0.4, 0.5) is 0 Å². The third kappa shape index (κ3) is 9.81. The van der Waals surface area contributed by atoms with Crippen LogP contribution < -0.4 is 0 Å². The Bertz CT molecular complexity index is 1700. The Balaban J connectivity index is 1.46. The van der Waals surface area contributed by atoms with Crippen LogP contribution in [-0.4, -0.2) is 120 Å². The van der Waals surface area contributed by atoms with Crippen molar-refractivity contribution in [3.63, 3.8) is 0 Å². The van der Waals surface area contributed by atoms with Crippen molar-refractivity contribution in [2.24, 2.45) is 0 Å². The normalized spacial score (nSPS) is 26.1. The van der Waals surface area contributed by atoms with E-state index < -0.39 is 104 Å². The number of carbonyl (C=O) groups excluding carboxylic acids is 5. The highest BCUT2D eigenvalue weighted by molar-refractivity contribution is 5.91. The molecule has 0 saturated carbocycles. The number of hydrogen-bond acceptors (Lipinski definition) is 16. The van der Waals surface area contributed by atoms with Crippen molar-refractivity contribution >= 4 is 29.8 Å². The zero-order valence-corrected chi connectivity index (χ0v) is 28.5. The first-order valence-electron chi connectivity index (χ1n) is 16.5. The minimum atomic E-state index is -1.91. The summed E-state index contributed by atoms with van der Waals surface area (Å²) in [4.78, 5) is 63.6. The summed E-state index contributed by atoms with van der Waals surface area (Å²) in [5.41, 5.74) is 0.313. The zero-order chi connectivity index (χ0) is 38.1. The van der Waals surface area contributed by atoms with Gasteiger partial charge >= 0.3 is 29.8 Å². The Kier molecular flexibility index (Phi) is 13.2. The van der Waals surface area contributed by atoms with Crippen LogP contribution in [-0.2, 0) is 47.5 Å². The molecule has 2 saturated heterocycles. The number of ether oxygens (including phenoxy) is 8. The number of benzene rings is 3. The third-order valence-electron chi connectivity index (χ3n) is 8.19. The maximum absolute atomic E-state index is 13.4. The average Bonchev–Trinajstić information content (AvgIpc) is 3.63. The summed E-state index contributed by atoms with van der Waals surface area (Å²) >= 11 is 0. The van der Waals surface area contributed by atoms with Crippen LogP contribution >= 0.6 is 0 Å². The van der Waals surface area contributed by atoms with Gasteiger partial charge in [-0.05, 0) is 36.4 Å². The topological polar surface area (TPSA) is 220 Å². The molecule has 0 spiro atoms. The van der Waals surface area contributed by atoms with E-state index in [9.17, 15) is 39.3 Å². The van der Waals surface area contributed by atoms with Crippen LogP contribution in [0.15, 0.2) is 91.0 Å². The quantitative estimate of drug-likeness (QED) is 0.157. The first-order valence-corrected chi connectivity index (χ1v) is 16.5. The highest BCUT2D eigenvalue weighted by atomic mass is 16.7.